The third-order valence-electron chi connectivity index (χ3n) is 3.02. The largest absolute Gasteiger partial charge is 0.466 e. The second-order valence-electron chi connectivity index (χ2n) is 6.66. The predicted molar refractivity (Wildman–Crippen MR) is 101 cm³/mol. The first-order chi connectivity index (χ1) is 11.0. The maximum Gasteiger partial charge on any atom is 0.310 e. The van der Waals surface area contributed by atoms with Gasteiger partial charge in [-0.15, -0.1) is 0 Å². The first-order valence-corrected chi connectivity index (χ1v) is 8.75. The summed E-state index contributed by atoms with van der Waals surface area (Å²) in [6, 6.07) is 6.01. The minimum atomic E-state index is -0.500. The van der Waals surface area contributed by atoms with Crippen molar-refractivity contribution in [2.24, 2.45) is 0 Å². The number of hydrogen-bond donors (Lipinski definition) is 1. The van der Waals surface area contributed by atoms with E-state index in [9.17, 15) is 4.79 Å². The molecule has 0 aliphatic carbocycles. The molecule has 1 heterocycles. The van der Waals surface area contributed by atoms with Crippen molar-refractivity contribution in [2.75, 3.05) is 6.61 Å². The van der Waals surface area contributed by atoms with Crippen LogP contribution in [0.1, 0.15) is 44.5 Å². The lowest BCUT2D eigenvalue weighted by molar-refractivity contribution is -0.142. The van der Waals surface area contributed by atoms with Crippen LogP contribution < -0.4 is 0 Å². The Hall–Kier alpha value is -1.46. The van der Waals surface area contributed by atoms with E-state index in [-0.39, 0.29) is 12.4 Å². The number of carbonyl (C=O) groups excluding carboxylic acids is 1. The first kappa shape index (κ1) is 20.6. The van der Waals surface area contributed by atoms with E-state index in [4.69, 9.17) is 9.84 Å². The molecule has 0 fully saturated rings. The molecule has 0 bridgehead atoms. The van der Waals surface area contributed by atoms with E-state index in [1.165, 1.54) is 0 Å². The molecular weight excluding hydrogens is 370 g/mol. The van der Waals surface area contributed by atoms with Gasteiger partial charge in [0.15, 0.2) is 0 Å². The molecule has 0 aliphatic heterocycles. The van der Waals surface area contributed by atoms with E-state index in [1.807, 2.05) is 39.0 Å². The second-order valence-corrected chi connectivity index (χ2v) is 7.45. The summed E-state index contributed by atoms with van der Waals surface area (Å²) in [5.41, 5.74) is 3.44. The molecule has 2 aromatic rings. The summed E-state index contributed by atoms with van der Waals surface area (Å²) in [6.45, 7) is 11.4. The number of aliphatic hydroxyl groups is 1. The summed E-state index contributed by atoms with van der Waals surface area (Å²) >= 11 is 3.59. The molecule has 0 unspecified atom stereocenters. The van der Waals surface area contributed by atoms with Gasteiger partial charge >= 0.3 is 5.97 Å². The fourth-order valence-electron chi connectivity index (χ4n) is 2.07. The molecule has 1 aromatic carbocycles. The number of aromatic nitrogens is 1. The lowest BCUT2D eigenvalue weighted by Gasteiger charge is -2.11. The van der Waals surface area contributed by atoms with Crippen molar-refractivity contribution in [3.63, 3.8) is 0 Å². The average molecular weight is 396 g/mol. The predicted octanol–water partition coefficient (Wildman–Crippen LogP) is 4.50. The molecule has 24 heavy (non-hydrogen) atoms. The van der Waals surface area contributed by atoms with E-state index >= 15 is 0 Å². The number of aryl methyl sites for hydroxylation is 2. The Morgan fingerprint density at radius 2 is 1.88 bits per heavy atom. The molecule has 0 saturated carbocycles. The lowest BCUT2D eigenvalue weighted by Crippen LogP contribution is -2.10. The number of rotatable bonds is 3. The minimum Gasteiger partial charge on any atom is -0.466 e. The normalized spacial score (nSPS) is 11.0. The Kier molecular flexibility index (Phi) is 7.36. The van der Waals surface area contributed by atoms with Crippen LogP contribution in [0.4, 0.5) is 0 Å². The van der Waals surface area contributed by atoms with E-state index < -0.39 is 5.60 Å². The van der Waals surface area contributed by atoms with Crippen molar-refractivity contribution in [3.05, 3.63) is 39.5 Å². The van der Waals surface area contributed by atoms with Crippen molar-refractivity contribution >= 4 is 32.8 Å². The van der Waals surface area contributed by atoms with Gasteiger partial charge in [-0.25, -0.2) is 0 Å². The monoisotopic (exact) mass is 395 g/mol. The molecule has 1 N–H and O–H groups in total. The van der Waals surface area contributed by atoms with Gasteiger partial charge in [0.05, 0.1) is 24.1 Å². The van der Waals surface area contributed by atoms with E-state index in [1.54, 1.807) is 20.8 Å². The summed E-state index contributed by atoms with van der Waals surface area (Å²) in [5.74, 6) is -0.203. The molecule has 5 heteroatoms. The Morgan fingerprint density at radius 3 is 2.42 bits per heavy atom. The van der Waals surface area contributed by atoms with Crippen LogP contribution in [0.2, 0.25) is 0 Å². The molecule has 0 amide bonds. The van der Waals surface area contributed by atoms with E-state index in [0.29, 0.717) is 6.61 Å². The van der Waals surface area contributed by atoms with Crippen LogP contribution in [0.5, 0.6) is 0 Å². The number of hydrogen-bond acceptors (Lipinski definition) is 4. The summed E-state index contributed by atoms with van der Waals surface area (Å²) in [6.07, 6.45) is 0.282. The van der Waals surface area contributed by atoms with Crippen LogP contribution in [0, 0.1) is 13.8 Å². The standard InChI is InChI=1S/C15H16BrNO2.C4H10O/c1-4-19-14(18)8-12-9(2)7-13-11(15(12)16)6-5-10(3)17-13;1-4(2,3)5/h5-7H,4,8H2,1-3H3;5H,1-3H3. The van der Waals surface area contributed by atoms with Gasteiger partial charge in [0.1, 0.15) is 0 Å². The summed E-state index contributed by atoms with van der Waals surface area (Å²) in [7, 11) is 0. The fourth-order valence-corrected chi connectivity index (χ4v) is 2.86. The zero-order chi connectivity index (χ0) is 18.5. The highest BCUT2D eigenvalue weighted by atomic mass is 79.9. The van der Waals surface area contributed by atoms with Crippen LogP contribution in [-0.2, 0) is 16.0 Å². The summed E-state index contributed by atoms with van der Waals surface area (Å²) in [5, 5.41) is 9.54. The molecular formula is C19H26BrNO3. The molecule has 0 spiro atoms. The molecule has 4 nitrogen and oxygen atoms in total. The van der Waals surface area contributed by atoms with Crippen LogP contribution in [-0.4, -0.2) is 28.3 Å². The number of esters is 1. The molecule has 0 saturated heterocycles. The SMILES string of the molecule is CC(C)(C)O.CCOC(=O)Cc1c(C)cc2nc(C)ccc2c1Br. The number of carbonyl (C=O) groups is 1. The minimum absolute atomic E-state index is 0.203. The second kappa shape index (κ2) is 8.58. The van der Waals surface area contributed by atoms with Gasteiger partial charge < -0.3 is 9.84 Å². The highest BCUT2D eigenvalue weighted by Gasteiger charge is 2.14. The number of fused-ring (bicyclic) bond motifs is 1. The average Bonchev–Trinajstić information content (AvgIpc) is 2.41. The number of pyridine rings is 1. The lowest BCUT2D eigenvalue weighted by atomic mass is 10.0. The Labute approximate surface area is 152 Å². The van der Waals surface area contributed by atoms with Gasteiger partial charge in [-0.3, -0.25) is 9.78 Å². The highest BCUT2D eigenvalue weighted by Crippen LogP contribution is 2.30. The van der Waals surface area contributed by atoms with Crippen molar-refractivity contribution in [1.29, 1.82) is 0 Å². The molecule has 1 aromatic heterocycles. The van der Waals surface area contributed by atoms with Crippen LogP contribution >= 0.6 is 15.9 Å². The Bertz CT molecular complexity index is 715. The maximum absolute atomic E-state index is 11.6. The van der Waals surface area contributed by atoms with Crippen LogP contribution in [0.3, 0.4) is 0 Å². The molecule has 0 aliphatic rings. The fraction of sp³-hybridized carbons (Fsp3) is 0.474. The topological polar surface area (TPSA) is 59.4 Å². The molecule has 132 valence electrons. The van der Waals surface area contributed by atoms with E-state index in [0.717, 1.165) is 32.2 Å². The van der Waals surface area contributed by atoms with Gasteiger partial charge in [0, 0.05) is 15.6 Å². The van der Waals surface area contributed by atoms with Crippen molar-refractivity contribution in [1.82, 2.24) is 4.98 Å². The smallest absolute Gasteiger partial charge is 0.310 e. The van der Waals surface area contributed by atoms with Crippen LogP contribution in [0.15, 0.2) is 22.7 Å². The zero-order valence-corrected chi connectivity index (χ0v) is 16.8. The molecule has 0 atom stereocenters. The third kappa shape index (κ3) is 6.57. The zero-order valence-electron chi connectivity index (χ0n) is 15.2. The van der Waals surface area contributed by atoms with Gasteiger partial charge in [0.25, 0.3) is 0 Å². The number of nitrogens with zero attached hydrogens (tertiary/aromatic N) is 1. The summed E-state index contributed by atoms with van der Waals surface area (Å²) < 4.78 is 5.94. The van der Waals surface area contributed by atoms with Crippen molar-refractivity contribution in [3.8, 4) is 0 Å². The maximum atomic E-state index is 11.6. The molecule has 2 rings (SSSR count). The Morgan fingerprint density at radius 1 is 1.29 bits per heavy atom. The highest BCUT2D eigenvalue weighted by molar-refractivity contribution is 9.10. The third-order valence-corrected chi connectivity index (χ3v) is 3.93. The van der Waals surface area contributed by atoms with Gasteiger partial charge in [-0.1, -0.05) is 0 Å². The molecule has 0 radical (unpaired) electrons. The number of benzene rings is 1. The van der Waals surface area contributed by atoms with Gasteiger partial charge in [-0.05, 0) is 86.8 Å². The van der Waals surface area contributed by atoms with Crippen LogP contribution in [0.25, 0.3) is 10.9 Å². The van der Waals surface area contributed by atoms with Gasteiger partial charge in [-0.2, -0.15) is 0 Å². The first-order valence-electron chi connectivity index (χ1n) is 7.96. The van der Waals surface area contributed by atoms with E-state index in [2.05, 4.69) is 20.9 Å². The number of halogens is 1. The number of ether oxygens (including phenoxy) is 1. The Balaban J connectivity index is 0.000000505. The summed E-state index contributed by atoms with van der Waals surface area (Å²) in [4.78, 5) is 16.2. The van der Waals surface area contributed by atoms with Crippen molar-refractivity contribution in [2.45, 2.75) is 53.6 Å². The van der Waals surface area contributed by atoms with Crippen molar-refractivity contribution < 1.29 is 14.6 Å². The quantitative estimate of drug-likeness (QED) is 0.777. The van der Waals surface area contributed by atoms with Gasteiger partial charge in [0.2, 0.25) is 0 Å².